The summed E-state index contributed by atoms with van der Waals surface area (Å²) in [6.07, 6.45) is 1.06. The molecule has 0 spiro atoms. The van der Waals surface area contributed by atoms with E-state index in [-0.39, 0.29) is 11.8 Å². The van der Waals surface area contributed by atoms with Crippen LogP contribution in [0.4, 0.5) is 5.69 Å². The maximum Gasteiger partial charge on any atom is 0.243 e. The van der Waals surface area contributed by atoms with E-state index in [2.05, 4.69) is 11.4 Å². The molecule has 1 N–H and O–H groups in total. The van der Waals surface area contributed by atoms with Crippen molar-refractivity contribution in [3.63, 3.8) is 0 Å². The molecule has 0 aromatic heterocycles. The third-order valence-corrected chi connectivity index (χ3v) is 7.08. The van der Waals surface area contributed by atoms with Crippen LogP contribution in [0.25, 0.3) is 0 Å². The average Bonchev–Trinajstić information content (AvgIpc) is 2.61. The minimum Gasteiger partial charge on any atom is -0.326 e. The molecule has 1 fully saturated rings. The molecule has 0 saturated carbocycles. The molecular weight excluding hydrogens is 360 g/mol. The summed E-state index contributed by atoms with van der Waals surface area (Å²) in [6.45, 7) is 6.52. The van der Waals surface area contributed by atoms with Crippen LogP contribution in [0.15, 0.2) is 47.4 Å². The molecule has 0 unspecified atom stereocenters. The molecule has 0 aliphatic carbocycles. The topological polar surface area (TPSA) is 66.5 Å². The molecule has 2 aromatic carbocycles. The monoisotopic (exact) mass is 386 g/mol. The van der Waals surface area contributed by atoms with Gasteiger partial charge in [-0.25, -0.2) is 8.42 Å². The van der Waals surface area contributed by atoms with Gasteiger partial charge in [-0.05, 0) is 68.5 Å². The highest BCUT2D eigenvalue weighted by Crippen LogP contribution is 2.26. The molecule has 0 radical (unpaired) electrons. The number of piperidine rings is 1. The second-order valence-electron chi connectivity index (χ2n) is 7.31. The molecule has 5 nitrogen and oxygen atoms in total. The molecule has 0 atom stereocenters. The second kappa shape index (κ2) is 7.82. The first-order valence-electron chi connectivity index (χ1n) is 9.22. The van der Waals surface area contributed by atoms with Crippen molar-refractivity contribution >= 4 is 21.6 Å². The molecular formula is C21H26N2O3S. The van der Waals surface area contributed by atoms with Crippen LogP contribution in [-0.2, 0) is 14.8 Å². The molecule has 2 aromatic rings. The molecule has 1 saturated heterocycles. The average molecular weight is 387 g/mol. The van der Waals surface area contributed by atoms with Gasteiger partial charge < -0.3 is 5.32 Å². The highest BCUT2D eigenvalue weighted by Gasteiger charge is 2.32. The number of aryl methyl sites for hydroxylation is 3. The summed E-state index contributed by atoms with van der Waals surface area (Å²) in [5, 5.41) is 2.98. The van der Waals surface area contributed by atoms with Gasteiger partial charge in [-0.3, -0.25) is 4.79 Å². The van der Waals surface area contributed by atoms with Gasteiger partial charge in [0.2, 0.25) is 15.9 Å². The van der Waals surface area contributed by atoms with Crippen LogP contribution in [0.1, 0.15) is 29.5 Å². The van der Waals surface area contributed by atoms with Gasteiger partial charge in [-0.2, -0.15) is 4.31 Å². The van der Waals surface area contributed by atoms with Crippen molar-refractivity contribution in [2.75, 3.05) is 18.4 Å². The van der Waals surface area contributed by atoms with Crippen LogP contribution in [0, 0.1) is 26.7 Å². The van der Waals surface area contributed by atoms with Gasteiger partial charge in [0.25, 0.3) is 0 Å². The van der Waals surface area contributed by atoms with Crippen molar-refractivity contribution in [1.29, 1.82) is 0 Å². The van der Waals surface area contributed by atoms with Gasteiger partial charge in [0.15, 0.2) is 0 Å². The Morgan fingerprint density at radius 2 is 1.59 bits per heavy atom. The summed E-state index contributed by atoms with van der Waals surface area (Å²) in [5.74, 6) is -0.206. The van der Waals surface area contributed by atoms with Crippen LogP contribution in [0.3, 0.4) is 0 Å². The van der Waals surface area contributed by atoms with Gasteiger partial charge in [0, 0.05) is 24.7 Å². The third-order valence-electron chi connectivity index (χ3n) is 5.03. The van der Waals surface area contributed by atoms with Crippen LogP contribution in [-0.4, -0.2) is 31.7 Å². The zero-order valence-electron chi connectivity index (χ0n) is 16.0. The van der Waals surface area contributed by atoms with Crippen LogP contribution in [0.5, 0.6) is 0 Å². The summed E-state index contributed by atoms with van der Waals surface area (Å²) < 4.78 is 27.2. The van der Waals surface area contributed by atoms with E-state index < -0.39 is 10.0 Å². The largest absolute Gasteiger partial charge is 0.326 e. The minimum atomic E-state index is -3.51. The maximum absolute atomic E-state index is 12.9. The van der Waals surface area contributed by atoms with E-state index in [0.717, 1.165) is 22.4 Å². The van der Waals surface area contributed by atoms with Crippen molar-refractivity contribution < 1.29 is 13.2 Å². The molecule has 1 aliphatic heterocycles. The molecule has 1 heterocycles. The van der Waals surface area contributed by atoms with Gasteiger partial charge >= 0.3 is 0 Å². The number of hydrogen-bond donors (Lipinski definition) is 1. The first-order valence-corrected chi connectivity index (χ1v) is 10.7. The van der Waals surface area contributed by atoms with E-state index in [0.29, 0.717) is 30.8 Å². The van der Waals surface area contributed by atoms with E-state index in [4.69, 9.17) is 0 Å². The fourth-order valence-electron chi connectivity index (χ4n) is 3.63. The molecule has 1 amide bonds. The molecule has 3 rings (SSSR count). The quantitative estimate of drug-likeness (QED) is 0.872. The summed E-state index contributed by atoms with van der Waals surface area (Å²) in [6, 6.07) is 13.0. The highest BCUT2D eigenvalue weighted by atomic mass is 32.2. The molecule has 6 heteroatoms. The van der Waals surface area contributed by atoms with Crippen LogP contribution < -0.4 is 5.32 Å². The van der Waals surface area contributed by atoms with Crippen molar-refractivity contribution in [2.45, 2.75) is 38.5 Å². The Morgan fingerprint density at radius 1 is 1.00 bits per heavy atom. The normalized spacial score (nSPS) is 16.3. The second-order valence-corrected chi connectivity index (χ2v) is 9.22. The lowest BCUT2D eigenvalue weighted by molar-refractivity contribution is -0.120. The number of sulfonamides is 1. The Morgan fingerprint density at radius 3 is 2.19 bits per heavy atom. The Labute approximate surface area is 161 Å². The lowest BCUT2D eigenvalue weighted by atomic mass is 9.97. The smallest absolute Gasteiger partial charge is 0.243 e. The number of anilines is 1. The van der Waals surface area contributed by atoms with Crippen LogP contribution >= 0.6 is 0 Å². The van der Waals surface area contributed by atoms with E-state index in [1.807, 2.05) is 32.0 Å². The number of rotatable bonds is 4. The van der Waals surface area contributed by atoms with E-state index in [1.165, 1.54) is 4.31 Å². The van der Waals surface area contributed by atoms with E-state index in [9.17, 15) is 13.2 Å². The summed E-state index contributed by atoms with van der Waals surface area (Å²) >= 11 is 0. The SMILES string of the molecule is Cc1cc(C)cc(NC(=O)C2CCN(S(=O)(=O)c3ccccc3C)CC2)c1. The Bertz CT molecular complexity index is 925. The maximum atomic E-state index is 12.9. The van der Waals surface area contributed by atoms with Gasteiger partial charge in [-0.1, -0.05) is 24.3 Å². The first kappa shape index (κ1) is 19.6. The number of nitrogens with zero attached hydrogens (tertiary/aromatic N) is 1. The predicted octanol–water partition coefficient (Wildman–Crippen LogP) is 3.65. The molecule has 27 heavy (non-hydrogen) atoms. The number of nitrogens with one attached hydrogen (secondary N) is 1. The van der Waals surface area contributed by atoms with Gasteiger partial charge in [0.05, 0.1) is 4.90 Å². The van der Waals surface area contributed by atoms with Crippen molar-refractivity contribution in [2.24, 2.45) is 5.92 Å². The summed E-state index contributed by atoms with van der Waals surface area (Å²) in [7, 11) is -3.51. The summed E-state index contributed by atoms with van der Waals surface area (Å²) in [5.41, 5.74) is 3.74. The van der Waals surface area contributed by atoms with Gasteiger partial charge in [0.1, 0.15) is 0 Å². The molecule has 1 aliphatic rings. The Balaban J connectivity index is 1.64. The Kier molecular flexibility index (Phi) is 5.67. The van der Waals surface area contributed by atoms with E-state index >= 15 is 0 Å². The zero-order chi connectivity index (χ0) is 19.6. The fraction of sp³-hybridized carbons (Fsp3) is 0.381. The summed E-state index contributed by atoms with van der Waals surface area (Å²) in [4.78, 5) is 12.9. The minimum absolute atomic E-state index is 0.0343. The lowest BCUT2D eigenvalue weighted by Gasteiger charge is -2.31. The predicted molar refractivity (Wildman–Crippen MR) is 107 cm³/mol. The third kappa shape index (κ3) is 4.39. The van der Waals surface area contributed by atoms with Crippen molar-refractivity contribution in [3.8, 4) is 0 Å². The molecule has 144 valence electrons. The van der Waals surface area contributed by atoms with Gasteiger partial charge in [-0.15, -0.1) is 0 Å². The first-order chi connectivity index (χ1) is 12.8. The zero-order valence-corrected chi connectivity index (χ0v) is 16.8. The van der Waals surface area contributed by atoms with Crippen molar-refractivity contribution in [3.05, 3.63) is 59.2 Å². The Hall–Kier alpha value is -2.18. The lowest BCUT2D eigenvalue weighted by Crippen LogP contribution is -2.41. The standard InChI is InChI=1S/C21H26N2O3S/c1-15-12-16(2)14-19(13-15)22-21(24)18-8-10-23(11-9-18)27(25,26)20-7-5-4-6-17(20)3/h4-7,12-14,18H,8-11H2,1-3H3,(H,22,24). The molecule has 0 bridgehead atoms. The highest BCUT2D eigenvalue weighted by molar-refractivity contribution is 7.89. The van der Waals surface area contributed by atoms with Crippen molar-refractivity contribution in [1.82, 2.24) is 4.31 Å². The number of amides is 1. The van der Waals surface area contributed by atoms with E-state index in [1.54, 1.807) is 25.1 Å². The number of carbonyl (C=O) groups is 1. The van der Waals surface area contributed by atoms with Crippen LogP contribution in [0.2, 0.25) is 0 Å². The number of carbonyl (C=O) groups excluding carboxylic acids is 1. The number of hydrogen-bond acceptors (Lipinski definition) is 3. The number of benzene rings is 2. The fourth-order valence-corrected chi connectivity index (χ4v) is 5.33.